The molecule has 2 aromatic rings. The molecule has 0 aliphatic rings. The summed E-state index contributed by atoms with van der Waals surface area (Å²) in [4.78, 5) is 4.60. The first-order chi connectivity index (χ1) is 7.97. The Kier molecular flexibility index (Phi) is 3.38. The Morgan fingerprint density at radius 1 is 1.24 bits per heavy atom. The predicted octanol–water partition coefficient (Wildman–Crippen LogP) is 3.70. The molecule has 0 atom stereocenters. The lowest BCUT2D eigenvalue weighted by atomic mass is 10.1. The van der Waals surface area contributed by atoms with Crippen LogP contribution in [0, 0.1) is 5.92 Å². The van der Waals surface area contributed by atoms with Crippen molar-refractivity contribution in [3.05, 3.63) is 28.7 Å². The summed E-state index contributed by atoms with van der Waals surface area (Å²) in [5.41, 5.74) is 2.91. The van der Waals surface area contributed by atoms with E-state index in [0.29, 0.717) is 17.0 Å². The third-order valence-electron chi connectivity index (χ3n) is 2.66. The highest BCUT2D eigenvalue weighted by Crippen LogP contribution is 2.19. The first kappa shape index (κ1) is 12.4. The molecule has 3 nitrogen and oxygen atoms in total. The van der Waals surface area contributed by atoms with Crippen LogP contribution in [0.5, 0.6) is 0 Å². The highest BCUT2D eigenvalue weighted by molar-refractivity contribution is 6.29. The topological polar surface area (TPSA) is 30.2 Å². The van der Waals surface area contributed by atoms with E-state index in [2.05, 4.69) is 37.8 Å². The maximum atomic E-state index is 6.22. The number of rotatable bonds is 3. The molecule has 0 bridgehead atoms. The molecular formula is C13H18ClN3. The molecule has 92 valence electrons. The summed E-state index contributed by atoms with van der Waals surface area (Å²) in [7, 11) is 0. The normalized spacial score (nSPS) is 11.9. The smallest absolute Gasteiger partial charge is 0.157 e. The Hall–Kier alpha value is -1.09. The zero-order valence-electron chi connectivity index (χ0n) is 10.7. The average Bonchev–Trinajstić information content (AvgIpc) is 2.60. The van der Waals surface area contributed by atoms with Crippen molar-refractivity contribution >= 4 is 17.2 Å². The van der Waals surface area contributed by atoms with E-state index in [-0.39, 0.29) is 0 Å². The van der Waals surface area contributed by atoms with Crippen molar-refractivity contribution in [1.82, 2.24) is 14.6 Å². The predicted molar refractivity (Wildman–Crippen MR) is 70.6 cm³/mol. The Bertz CT molecular complexity index is 529. The van der Waals surface area contributed by atoms with Crippen LogP contribution in [-0.2, 0) is 6.42 Å². The Morgan fingerprint density at radius 3 is 2.53 bits per heavy atom. The van der Waals surface area contributed by atoms with Crippen LogP contribution in [0.4, 0.5) is 0 Å². The summed E-state index contributed by atoms with van der Waals surface area (Å²) in [5, 5.41) is 5.09. The molecule has 0 unspecified atom stereocenters. The van der Waals surface area contributed by atoms with E-state index >= 15 is 0 Å². The van der Waals surface area contributed by atoms with Gasteiger partial charge in [-0.3, -0.25) is 0 Å². The van der Waals surface area contributed by atoms with Gasteiger partial charge in [0.05, 0.1) is 5.69 Å². The third-order valence-corrected chi connectivity index (χ3v) is 2.93. The SMILES string of the molecule is CC(C)Cc1cc(Cl)n2nc(C(C)C)cc2n1. The van der Waals surface area contributed by atoms with Gasteiger partial charge in [-0.25, -0.2) is 9.50 Å². The van der Waals surface area contributed by atoms with Gasteiger partial charge in [0.15, 0.2) is 5.65 Å². The molecule has 0 aliphatic heterocycles. The number of hydrogen-bond acceptors (Lipinski definition) is 2. The molecule has 2 heterocycles. The van der Waals surface area contributed by atoms with Crippen molar-refractivity contribution in [3.63, 3.8) is 0 Å². The molecule has 0 radical (unpaired) electrons. The number of fused-ring (bicyclic) bond motifs is 1. The number of halogens is 1. The fraction of sp³-hybridized carbons (Fsp3) is 0.538. The largest absolute Gasteiger partial charge is 0.233 e. The van der Waals surface area contributed by atoms with E-state index in [0.717, 1.165) is 23.5 Å². The number of hydrogen-bond donors (Lipinski definition) is 0. The average molecular weight is 252 g/mol. The summed E-state index contributed by atoms with van der Waals surface area (Å²) in [6.07, 6.45) is 0.943. The van der Waals surface area contributed by atoms with Crippen molar-refractivity contribution in [2.24, 2.45) is 5.92 Å². The molecule has 0 aromatic carbocycles. The van der Waals surface area contributed by atoms with Crippen LogP contribution in [0.2, 0.25) is 5.15 Å². The summed E-state index contributed by atoms with van der Waals surface area (Å²) in [5.74, 6) is 0.967. The highest BCUT2D eigenvalue weighted by atomic mass is 35.5. The minimum atomic E-state index is 0.390. The summed E-state index contributed by atoms with van der Waals surface area (Å²) < 4.78 is 1.71. The van der Waals surface area contributed by atoms with Gasteiger partial charge in [-0.05, 0) is 24.3 Å². The molecule has 0 N–H and O–H groups in total. The van der Waals surface area contributed by atoms with Crippen molar-refractivity contribution < 1.29 is 0 Å². The quantitative estimate of drug-likeness (QED) is 0.779. The van der Waals surface area contributed by atoms with Crippen LogP contribution < -0.4 is 0 Å². The summed E-state index contributed by atoms with van der Waals surface area (Å²) in [6, 6.07) is 3.92. The van der Waals surface area contributed by atoms with E-state index in [1.54, 1.807) is 4.52 Å². The minimum Gasteiger partial charge on any atom is -0.233 e. The van der Waals surface area contributed by atoms with Crippen LogP contribution in [0.3, 0.4) is 0 Å². The van der Waals surface area contributed by atoms with Crippen LogP contribution in [-0.4, -0.2) is 14.6 Å². The Morgan fingerprint density at radius 2 is 1.94 bits per heavy atom. The van der Waals surface area contributed by atoms with Gasteiger partial charge < -0.3 is 0 Å². The Labute approximate surface area is 107 Å². The van der Waals surface area contributed by atoms with Gasteiger partial charge >= 0.3 is 0 Å². The first-order valence-electron chi connectivity index (χ1n) is 6.02. The molecular weight excluding hydrogens is 234 g/mol. The van der Waals surface area contributed by atoms with E-state index < -0.39 is 0 Å². The monoisotopic (exact) mass is 251 g/mol. The molecule has 4 heteroatoms. The fourth-order valence-corrected chi connectivity index (χ4v) is 2.06. The molecule has 2 aromatic heterocycles. The summed E-state index contributed by atoms with van der Waals surface area (Å²) >= 11 is 6.22. The molecule has 0 aliphatic carbocycles. The van der Waals surface area contributed by atoms with E-state index in [9.17, 15) is 0 Å². The van der Waals surface area contributed by atoms with Crippen LogP contribution in [0.1, 0.15) is 45.0 Å². The highest BCUT2D eigenvalue weighted by Gasteiger charge is 2.11. The second-order valence-electron chi connectivity index (χ2n) is 5.16. The third kappa shape index (κ3) is 2.60. The van der Waals surface area contributed by atoms with Crippen LogP contribution in [0.15, 0.2) is 12.1 Å². The number of nitrogens with zero attached hydrogens (tertiary/aromatic N) is 3. The second-order valence-corrected chi connectivity index (χ2v) is 5.55. The van der Waals surface area contributed by atoms with Gasteiger partial charge in [0.2, 0.25) is 0 Å². The van der Waals surface area contributed by atoms with E-state index in [1.807, 2.05) is 12.1 Å². The van der Waals surface area contributed by atoms with Crippen LogP contribution in [0.25, 0.3) is 5.65 Å². The second kappa shape index (κ2) is 4.65. The van der Waals surface area contributed by atoms with Crippen molar-refractivity contribution in [1.29, 1.82) is 0 Å². The Balaban J connectivity index is 2.49. The zero-order chi connectivity index (χ0) is 12.6. The first-order valence-corrected chi connectivity index (χ1v) is 6.40. The molecule has 0 fully saturated rings. The van der Waals surface area contributed by atoms with Gasteiger partial charge in [0, 0.05) is 11.8 Å². The number of aromatic nitrogens is 3. The lowest BCUT2D eigenvalue weighted by Crippen LogP contribution is -2.01. The van der Waals surface area contributed by atoms with Crippen molar-refractivity contribution in [2.75, 3.05) is 0 Å². The maximum absolute atomic E-state index is 6.22. The van der Waals surface area contributed by atoms with Gasteiger partial charge in [0.25, 0.3) is 0 Å². The molecule has 0 saturated heterocycles. The van der Waals surface area contributed by atoms with E-state index in [1.165, 1.54) is 0 Å². The molecule has 17 heavy (non-hydrogen) atoms. The minimum absolute atomic E-state index is 0.390. The molecule has 0 spiro atoms. The summed E-state index contributed by atoms with van der Waals surface area (Å²) in [6.45, 7) is 8.58. The van der Waals surface area contributed by atoms with Gasteiger partial charge in [-0.1, -0.05) is 39.3 Å². The van der Waals surface area contributed by atoms with Crippen molar-refractivity contribution in [2.45, 2.75) is 40.0 Å². The standard InChI is InChI=1S/C13H18ClN3/c1-8(2)5-10-6-12(14)17-13(15-10)7-11(16-17)9(3)4/h6-9H,5H2,1-4H3. The van der Waals surface area contributed by atoms with Gasteiger partial charge in [-0.15, -0.1) is 0 Å². The molecule has 0 saturated carbocycles. The molecule has 0 amide bonds. The van der Waals surface area contributed by atoms with Crippen LogP contribution >= 0.6 is 11.6 Å². The zero-order valence-corrected chi connectivity index (χ0v) is 11.5. The van der Waals surface area contributed by atoms with Crippen molar-refractivity contribution in [3.8, 4) is 0 Å². The maximum Gasteiger partial charge on any atom is 0.157 e. The van der Waals surface area contributed by atoms with Gasteiger partial charge in [0.1, 0.15) is 5.15 Å². The van der Waals surface area contributed by atoms with Gasteiger partial charge in [-0.2, -0.15) is 5.10 Å². The lowest BCUT2D eigenvalue weighted by molar-refractivity contribution is 0.634. The molecule has 2 rings (SSSR count). The lowest BCUT2D eigenvalue weighted by Gasteiger charge is -2.05. The fourth-order valence-electron chi connectivity index (χ4n) is 1.81. The van der Waals surface area contributed by atoms with E-state index in [4.69, 9.17) is 11.6 Å².